The van der Waals surface area contributed by atoms with Crippen molar-refractivity contribution in [2.24, 2.45) is 0 Å². The summed E-state index contributed by atoms with van der Waals surface area (Å²) in [7, 11) is -3.33. The first kappa shape index (κ1) is 17.2. The molecule has 24 heavy (non-hydrogen) atoms. The zero-order valence-electron chi connectivity index (χ0n) is 12.1. The van der Waals surface area contributed by atoms with Gasteiger partial charge in [0.25, 0.3) is 0 Å². The maximum absolute atomic E-state index is 11.5. The van der Waals surface area contributed by atoms with Gasteiger partial charge in [-0.25, -0.2) is 18.4 Å². The third-order valence-electron chi connectivity index (χ3n) is 3.21. The number of pyridine rings is 2. The second-order valence-electron chi connectivity index (χ2n) is 4.86. The van der Waals surface area contributed by atoms with E-state index in [-0.39, 0.29) is 20.1 Å². The number of sulfone groups is 1. The Hall–Kier alpha value is -1.67. The highest BCUT2D eigenvalue weighted by atomic mass is 35.5. The smallest absolute Gasteiger partial charge is 0.177 e. The molecule has 0 aliphatic heterocycles. The zero-order chi connectivity index (χ0) is 17.5. The number of rotatable bonds is 3. The van der Waals surface area contributed by atoms with Crippen LogP contribution in [0.15, 0.2) is 41.9 Å². The normalized spacial score (nSPS) is 11.7. The van der Waals surface area contributed by atoms with Gasteiger partial charge in [-0.15, -0.1) is 0 Å². The number of hydrogen-bond acceptors (Lipinski definition) is 5. The third-order valence-corrected chi connectivity index (χ3v) is 5.38. The highest BCUT2D eigenvalue weighted by Crippen LogP contribution is 2.36. The molecule has 0 aliphatic rings. The summed E-state index contributed by atoms with van der Waals surface area (Å²) < 4.78 is 24.6. The van der Waals surface area contributed by atoms with Gasteiger partial charge in [-0.1, -0.05) is 34.8 Å². The summed E-state index contributed by atoms with van der Waals surface area (Å²) in [6.07, 6.45) is 6.76. The molecular formula is C14H9Cl3N4O2S. The summed E-state index contributed by atoms with van der Waals surface area (Å²) in [6, 6.07) is 3.00. The van der Waals surface area contributed by atoms with Crippen molar-refractivity contribution in [2.75, 3.05) is 6.26 Å². The van der Waals surface area contributed by atoms with Gasteiger partial charge in [0.1, 0.15) is 12.1 Å². The summed E-state index contributed by atoms with van der Waals surface area (Å²) in [5.74, 6) is 0.424. The van der Waals surface area contributed by atoms with E-state index in [9.17, 15) is 8.42 Å². The maximum atomic E-state index is 11.5. The first-order valence-electron chi connectivity index (χ1n) is 6.47. The van der Waals surface area contributed by atoms with Crippen molar-refractivity contribution in [2.45, 2.75) is 4.90 Å². The van der Waals surface area contributed by atoms with Crippen molar-refractivity contribution in [1.29, 1.82) is 0 Å². The summed E-state index contributed by atoms with van der Waals surface area (Å²) >= 11 is 18.4. The second kappa shape index (κ2) is 6.33. The molecule has 6 nitrogen and oxygen atoms in total. The van der Waals surface area contributed by atoms with Crippen molar-refractivity contribution in [3.63, 3.8) is 0 Å². The SMILES string of the molecule is CS(=O)(=O)c1ccc(-n2cnc(Cl)c2-c2cncc(Cl)c2Cl)nc1. The van der Waals surface area contributed by atoms with Gasteiger partial charge in [0.2, 0.25) is 0 Å². The van der Waals surface area contributed by atoms with Crippen molar-refractivity contribution < 1.29 is 8.42 Å². The fourth-order valence-electron chi connectivity index (χ4n) is 2.06. The van der Waals surface area contributed by atoms with E-state index < -0.39 is 9.84 Å². The molecule has 0 bridgehead atoms. The molecule has 0 amide bonds. The molecule has 0 aliphatic carbocycles. The Bertz CT molecular complexity index is 1020. The lowest BCUT2D eigenvalue weighted by Gasteiger charge is -2.10. The van der Waals surface area contributed by atoms with Crippen LogP contribution in [0.1, 0.15) is 0 Å². The van der Waals surface area contributed by atoms with E-state index in [1.165, 1.54) is 31.0 Å². The molecule has 0 N–H and O–H groups in total. The molecule has 10 heteroatoms. The van der Waals surface area contributed by atoms with Crippen molar-refractivity contribution in [1.82, 2.24) is 19.5 Å². The molecule has 0 unspecified atom stereocenters. The van der Waals surface area contributed by atoms with E-state index in [2.05, 4.69) is 15.0 Å². The molecule has 3 rings (SSSR count). The highest BCUT2D eigenvalue weighted by Gasteiger charge is 2.19. The van der Waals surface area contributed by atoms with E-state index >= 15 is 0 Å². The molecule has 0 saturated carbocycles. The molecular weight excluding hydrogens is 395 g/mol. The molecule has 3 heterocycles. The number of imidazole rings is 1. The largest absolute Gasteiger partial charge is 0.281 e. The molecule has 0 radical (unpaired) electrons. The van der Waals surface area contributed by atoms with Gasteiger partial charge >= 0.3 is 0 Å². The van der Waals surface area contributed by atoms with Crippen molar-refractivity contribution in [3.05, 3.63) is 52.2 Å². The van der Waals surface area contributed by atoms with Crippen LogP contribution in [0.2, 0.25) is 15.2 Å². The summed E-state index contributed by atoms with van der Waals surface area (Å²) in [6.45, 7) is 0. The van der Waals surface area contributed by atoms with Crippen molar-refractivity contribution in [3.8, 4) is 17.1 Å². The Morgan fingerprint density at radius 2 is 1.79 bits per heavy atom. The van der Waals surface area contributed by atoms with Gasteiger partial charge in [0, 0.05) is 30.4 Å². The first-order valence-corrected chi connectivity index (χ1v) is 9.50. The van der Waals surface area contributed by atoms with Gasteiger partial charge in [-0.05, 0) is 12.1 Å². The van der Waals surface area contributed by atoms with Crippen LogP contribution in [0.4, 0.5) is 0 Å². The minimum absolute atomic E-state index is 0.112. The fourth-order valence-corrected chi connectivity index (χ4v) is 3.20. The van der Waals surface area contributed by atoms with Crippen LogP contribution in [0.3, 0.4) is 0 Å². The van der Waals surface area contributed by atoms with E-state index in [0.29, 0.717) is 17.1 Å². The van der Waals surface area contributed by atoms with Gasteiger partial charge in [0.05, 0.1) is 20.6 Å². The molecule has 0 spiro atoms. The minimum Gasteiger partial charge on any atom is -0.281 e. The molecule has 0 atom stereocenters. The Morgan fingerprint density at radius 1 is 1.04 bits per heavy atom. The molecule has 3 aromatic heterocycles. The van der Waals surface area contributed by atoms with E-state index in [1.54, 1.807) is 10.6 Å². The number of nitrogens with zero attached hydrogens (tertiary/aromatic N) is 4. The molecule has 0 fully saturated rings. The van der Waals surface area contributed by atoms with Crippen LogP contribution in [-0.2, 0) is 9.84 Å². The lowest BCUT2D eigenvalue weighted by molar-refractivity contribution is 0.601. The first-order chi connectivity index (χ1) is 11.3. The van der Waals surface area contributed by atoms with Crippen LogP contribution >= 0.6 is 34.8 Å². The molecule has 124 valence electrons. The van der Waals surface area contributed by atoms with Crippen LogP contribution in [-0.4, -0.2) is 34.2 Å². The summed E-state index contributed by atoms with van der Waals surface area (Å²) in [5, 5.41) is 0.747. The topological polar surface area (TPSA) is 77.7 Å². The van der Waals surface area contributed by atoms with Crippen LogP contribution in [0.25, 0.3) is 17.1 Å². The van der Waals surface area contributed by atoms with Crippen molar-refractivity contribution >= 4 is 44.6 Å². The fraction of sp³-hybridized carbons (Fsp3) is 0.0714. The van der Waals surface area contributed by atoms with Crippen LogP contribution in [0.5, 0.6) is 0 Å². The number of aromatic nitrogens is 4. The second-order valence-corrected chi connectivity index (χ2v) is 8.02. The van der Waals surface area contributed by atoms with E-state index in [1.807, 2.05) is 0 Å². The predicted octanol–water partition coefficient (Wildman–Crippen LogP) is 3.69. The number of halogens is 3. The lowest BCUT2D eigenvalue weighted by atomic mass is 10.2. The standard InChI is InChI=1S/C14H9Cl3N4O2S/c1-24(22,23)8-2-3-11(19-4-8)21-7-20-14(17)13(21)9-5-18-6-10(15)12(9)16/h2-7H,1H3. The van der Waals surface area contributed by atoms with Gasteiger partial charge in [0.15, 0.2) is 15.0 Å². The Morgan fingerprint density at radius 3 is 2.42 bits per heavy atom. The average Bonchev–Trinajstić information content (AvgIpc) is 2.91. The van der Waals surface area contributed by atoms with Gasteiger partial charge < -0.3 is 0 Å². The van der Waals surface area contributed by atoms with Gasteiger partial charge in [-0.3, -0.25) is 9.55 Å². The van der Waals surface area contributed by atoms with Gasteiger partial charge in [-0.2, -0.15) is 0 Å². The monoisotopic (exact) mass is 402 g/mol. The minimum atomic E-state index is -3.33. The van der Waals surface area contributed by atoms with E-state index in [4.69, 9.17) is 34.8 Å². The average molecular weight is 404 g/mol. The lowest BCUT2D eigenvalue weighted by Crippen LogP contribution is -2.02. The zero-order valence-corrected chi connectivity index (χ0v) is 15.2. The van der Waals surface area contributed by atoms with E-state index in [0.717, 1.165) is 6.26 Å². The van der Waals surface area contributed by atoms with Crippen LogP contribution in [0, 0.1) is 0 Å². The Balaban J connectivity index is 2.16. The summed E-state index contributed by atoms with van der Waals surface area (Å²) in [5.41, 5.74) is 0.942. The predicted molar refractivity (Wildman–Crippen MR) is 92.7 cm³/mol. The highest BCUT2D eigenvalue weighted by molar-refractivity contribution is 7.90. The Labute approximate surface area is 153 Å². The number of hydrogen-bond donors (Lipinski definition) is 0. The quantitative estimate of drug-likeness (QED) is 0.666. The third kappa shape index (κ3) is 3.12. The Kier molecular flexibility index (Phi) is 4.52. The molecule has 0 aromatic carbocycles. The summed E-state index contributed by atoms with van der Waals surface area (Å²) in [4.78, 5) is 12.3. The molecule has 0 saturated heterocycles. The maximum Gasteiger partial charge on any atom is 0.177 e. The van der Waals surface area contributed by atoms with Crippen LogP contribution < -0.4 is 0 Å². The molecule has 3 aromatic rings.